The van der Waals surface area contributed by atoms with Gasteiger partial charge in [0.05, 0.1) is 42.9 Å². The van der Waals surface area contributed by atoms with E-state index in [0.717, 1.165) is 16.6 Å². The lowest BCUT2D eigenvalue weighted by atomic mass is 10.2. The maximum absolute atomic E-state index is 13.6. The van der Waals surface area contributed by atoms with Crippen molar-refractivity contribution in [2.24, 2.45) is 0 Å². The number of fused-ring (bicyclic) bond motifs is 1. The number of hydrogen-bond donors (Lipinski definition) is 1. The van der Waals surface area contributed by atoms with Crippen LogP contribution in [0.15, 0.2) is 116 Å². The number of ether oxygens (including phenoxy) is 2. The molecule has 0 spiro atoms. The van der Waals surface area contributed by atoms with Crippen LogP contribution in [0, 0.1) is 5.82 Å². The van der Waals surface area contributed by atoms with E-state index < -0.39 is 26.1 Å². The molecular weight excluding hydrogens is 675 g/mol. The summed E-state index contributed by atoms with van der Waals surface area (Å²) in [4.78, 5) is 26.2. The van der Waals surface area contributed by atoms with Crippen molar-refractivity contribution in [1.29, 1.82) is 0 Å². The maximum Gasteiger partial charge on any atom is 0.269 e. The Labute approximate surface area is 295 Å². The van der Waals surface area contributed by atoms with Crippen molar-refractivity contribution in [1.82, 2.24) is 24.7 Å². The Balaban J connectivity index is 1.22. The molecule has 1 unspecified atom stereocenters. The fourth-order valence-corrected chi connectivity index (χ4v) is 10.6. The van der Waals surface area contributed by atoms with E-state index in [4.69, 9.17) is 25.5 Å². The van der Waals surface area contributed by atoms with Gasteiger partial charge in [-0.05, 0) is 39.7 Å². The molecule has 13 heteroatoms. The van der Waals surface area contributed by atoms with Gasteiger partial charge in [-0.3, -0.25) is 4.79 Å². The van der Waals surface area contributed by atoms with Gasteiger partial charge in [-0.15, -0.1) is 0 Å². The van der Waals surface area contributed by atoms with Gasteiger partial charge in [0.1, 0.15) is 23.3 Å². The van der Waals surface area contributed by atoms with Crippen LogP contribution in [-0.2, 0) is 14.0 Å². The van der Waals surface area contributed by atoms with Crippen molar-refractivity contribution >= 4 is 53.1 Å². The molecule has 10 nitrogen and oxygen atoms in total. The van der Waals surface area contributed by atoms with Crippen LogP contribution in [0.25, 0.3) is 16.7 Å². The van der Waals surface area contributed by atoms with Crippen LogP contribution in [0.3, 0.4) is 0 Å². The van der Waals surface area contributed by atoms with Gasteiger partial charge in [0.25, 0.3) is 14.2 Å². The molecule has 0 aliphatic heterocycles. The maximum atomic E-state index is 13.6. The van der Waals surface area contributed by atoms with Crippen molar-refractivity contribution in [2.45, 2.75) is 31.9 Å². The summed E-state index contributed by atoms with van der Waals surface area (Å²) in [6, 6.07) is 30.4. The lowest BCUT2D eigenvalue weighted by molar-refractivity contribution is -0.125. The molecule has 0 aliphatic rings. The summed E-state index contributed by atoms with van der Waals surface area (Å²) in [5.74, 6) is -0.826. The highest BCUT2D eigenvalue weighted by molar-refractivity contribution is 6.99. The minimum absolute atomic E-state index is 0.118. The highest BCUT2D eigenvalue weighted by Gasteiger charge is 2.50. The number of anilines is 1. The van der Waals surface area contributed by atoms with Crippen LogP contribution in [0.5, 0.6) is 5.88 Å². The zero-order chi connectivity index (χ0) is 35.1. The van der Waals surface area contributed by atoms with Crippen molar-refractivity contribution < 1.29 is 23.1 Å². The summed E-state index contributed by atoms with van der Waals surface area (Å²) in [6.07, 6.45) is 2.70. The number of nitrogens with one attached hydrogen (secondary N) is 1. The predicted octanol–water partition coefficient (Wildman–Crippen LogP) is 5.98. The number of para-hydroxylation sites is 1. The fraction of sp³-hybridized carbons (Fsp3) is 0.216. The second-order valence-electron chi connectivity index (χ2n) is 12.5. The number of hydrogen-bond acceptors (Lipinski definition) is 8. The summed E-state index contributed by atoms with van der Waals surface area (Å²) < 4.78 is 34.3. The Morgan fingerprint density at radius 3 is 2.20 bits per heavy atom. The zero-order valence-corrected chi connectivity index (χ0v) is 29.5. The summed E-state index contributed by atoms with van der Waals surface area (Å²) in [7, 11) is -2.79. The molecule has 3 heterocycles. The highest BCUT2D eigenvalue weighted by Crippen LogP contribution is 2.36. The first kappa shape index (κ1) is 34.8. The summed E-state index contributed by atoms with van der Waals surface area (Å²) >= 11 is 6.43. The first-order valence-corrected chi connectivity index (χ1v) is 18.3. The van der Waals surface area contributed by atoms with Gasteiger partial charge in [-0.2, -0.15) is 5.10 Å². The zero-order valence-electron chi connectivity index (χ0n) is 27.8. The number of amides is 1. The van der Waals surface area contributed by atoms with Crippen molar-refractivity contribution in [3.63, 3.8) is 0 Å². The summed E-state index contributed by atoms with van der Waals surface area (Å²) in [6.45, 7) is 6.90. The molecule has 256 valence electrons. The largest absolute Gasteiger partial charge is 0.461 e. The SMILES string of the molecule is CC(C)(C)[Si](OCCOCC(Oc1ncnc2c1cnn2-c1ccccc1Cl)C(=O)Nc1ccc(F)cn1)(c1ccccc1)c1ccccc1. The first-order valence-electron chi connectivity index (χ1n) is 16.0. The standard InChI is InChI=1S/C37H36ClFN6O4Si/c1-37(2,3)50(27-12-6-4-7-13-27,28-14-8-5-9-15-28)48-21-20-47-24-32(35(46)44-33-19-18-26(39)22-40-33)49-36-29-23-43-45(34(29)41-25-42-36)31-17-11-10-16-30(31)38/h4-19,22-23,25,32H,20-21,24H2,1-3H3,(H,40,44,46). The number of benzene rings is 3. The smallest absolute Gasteiger partial charge is 0.269 e. The fourth-order valence-electron chi connectivity index (χ4n) is 5.88. The van der Waals surface area contributed by atoms with Crippen LogP contribution in [0.4, 0.5) is 10.2 Å². The van der Waals surface area contributed by atoms with Gasteiger partial charge < -0.3 is 19.2 Å². The molecule has 0 bridgehead atoms. The van der Waals surface area contributed by atoms with E-state index in [-0.39, 0.29) is 36.6 Å². The molecule has 3 aromatic carbocycles. The molecule has 50 heavy (non-hydrogen) atoms. The summed E-state index contributed by atoms with van der Waals surface area (Å²) in [5, 5.41) is 10.2. The van der Waals surface area contributed by atoms with Crippen LogP contribution in [0.2, 0.25) is 10.1 Å². The Kier molecular flexibility index (Phi) is 10.6. The minimum atomic E-state index is -2.79. The van der Waals surface area contributed by atoms with E-state index >= 15 is 0 Å². The molecule has 0 saturated carbocycles. The molecule has 6 rings (SSSR count). The highest BCUT2D eigenvalue weighted by atomic mass is 35.5. The quantitative estimate of drug-likeness (QED) is 0.115. The summed E-state index contributed by atoms with van der Waals surface area (Å²) in [5.41, 5.74) is 1.05. The molecule has 1 amide bonds. The first-order chi connectivity index (χ1) is 24.2. The Hall–Kier alpha value is -5.01. The number of nitrogens with zero attached hydrogens (tertiary/aromatic N) is 5. The predicted molar refractivity (Wildman–Crippen MR) is 193 cm³/mol. The molecule has 0 saturated heterocycles. The van der Waals surface area contributed by atoms with E-state index in [1.807, 2.05) is 54.6 Å². The lowest BCUT2D eigenvalue weighted by Gasteiger charge is -2.43. The second kappa shape index (κ2) is 15.3. The number of rotatable bonds is 13. The number of halogens is 2. The molecule has 0 fully saturated rings. The van der Waals surface area contributed by atoms with E-state index in [1.165, 1.54) is 18.5 Å². The number of carbonyl (C=O) groups is 1. The van der Waals surface area contributed by atoms with Crippen LogP contribution >= 0.6 is 11.6 Å². The van der Waals surface area contributed by atoms with Gasteiger partial charge in [0.2, 0.25) is 12.0 Å². The van der Waals surface area contributed by atoms with Crippen molar-refractivity contribution in [3.05, 3.63) is 127 Å². The Morgan fingerprint density at radius 2 is 1.56 bits per heavy atom. The normalized spacial score (nSPS) is 12.5. The van der Waals surface area contributed by atoms with Crippen molar-refractivity contribution in [3.8, 4) is 11.6 Å². The lowest BCUT2D eigenvalue weighted by Crippen LogP contribution is -2.66. The van der Waals surface area contributed by atoms with E-state index in [1.54, 1.807) is 16.9 Å². The molecule has 1 N–H and O–H groups in total. The van der Waals surface area contributed by atoms with Crippen LogP contribution < -0.4 is 20.4 Å². The molecule has 6 aromatic rings. The van der Waals surface area contributed by atoms with E-state index in [9.17, 15) is 9.18 Å². The van der Waals surface area contributed by atoms with Gasteiger partial charge in [-0.25, -0.2) is 24.0 Å². The molecule has 1 atom stereocenters. The van der Waals surface area contributed by atoms with Gasteiger partial charge >= 0.3 is 0 Å². The van der Waals surface area contributed by atoms with E-state index in [0.29, 0.717) is 21.7 Å². The van der Waals surface area contributed by atoms with Crippen molar-refractivity contribution in [2.75, 3.05) is 25.1 Å². The number of pyridine rings is 1. The Bertz CT molecular complexity index is 2010. The van der Waals surface area contributed by atoms with Gasteiger partial charge in [0.15, 0.2) is 5.65 Å². The topological polar surface area (TPSA) is 113 Å². The van der Waals surface area contributed by atoms with E-state index in [2.05, 4.69) is 70.4 Å². The third-order valence-electron chi connectivity index (χ3n) is 8.17. The van der Waals surface area contributed by atoms with Crippen LogP contribution in [-0.4, -0.2) is 64.9 Å². The molecule has 0 aliphatic carbocycles. The monoisotopic (exact) mass is 710 g/mol. The average Bonchev–Trinajstić information content (AvgIpc) is 3.55. The van der Waals surface area contributed by atoms with Gasteiger partial charge in [0, 0.05) is 0 Å². The molecular formula is C37H36ClFN6O4Si. The second-order valence-corrected chi connectivity index (χ2v) is 17.2. The van der Waals surface area contributed by atoms with Crippen LogP contribution in [0.1, 0.15) is 20.8 Å². The number of aromatic nitrogens is 5. The Morgan fingerprint density at radius 1 is 0.880 bits per heavy atom. The molecule has 0 radical (unpaired) electrons. The third-order valence-corrected chi connectivity index (χ3v) is 13.5. The average molecular weight is 711 g/mol. The number of carbonyl (C=O) groups excluding carboxylic acids is 1. The minimum Gasteiger partial charge on any atom is -0.461 e. The molecule has 3 aromatic heterocycles. The third kappa shape index (κ3) is 7.43. The van der Waals surface area contributed by atoms with Gasteiger partial charge in [-0.1, -0.05) is 105 Å².